The lowest BCUT2D eigenvalue weighted by atomic mass is 10.1. The zero-order valence-electron chi connectivity index (χ0n) is 10.2. The van der Waals surface area contributed by atoms with E-state index in [1.807, 2.05) is 48.5 Å². The third kappa shape index (κ3) is 3.65. The molecule has 96 valence electrons. The number of nitrogens with zero attached hydrogens (tertiary/aromatic N) is 3. The first-order valence-corrected chi connectivity index (χ1v) is 6.17. The van der Waals surface area contributed by atoms with E-state index in [1.165, 1.54) is 0 Å². The third-order valence-corrected chi connectivity index (χ3v) is 2.85. The van der Waals surface area contributed by atoms with Crippen LogP contribution in [0.3, 0.4) is 0 Å². The highest BCUT2D eigenvalue weighted by molar-refractivity contribution is 6.32. The Morgan fingerprint density at radius 1 is 1.11 bits per heavy atom. The molecule has 2 rings (SSSR count). The summed E-state index contributed by atoms with van der Waals surface area (Å²) in [6, 6.07) is 15.6. The molecule has 0 aliphatic rings. The summed E-state index contributed by atoms with van der Waals surface area (Å²) < 4.78 is 5.43. The number of rotatable bonds is 5. The molecule has 2 aromatic rings. The van der Waals surface area contributed by atoms with E-state index in [1.54, 1.807) is 0 Å². The van der Waals surface area contributed by atoms with Crippen LogP contribution in [0.2, 0.25) is 5.02 Å². The van der Waals surface area contributed by atoms with Gasteiger partial charge in [-0.25, -0.2) is 0 Å². The van der Waals surface area contributed by atoms with Crippen molar-refractivity contribution in [3.8, 4) is 16.9 Å². The molecule has 0 saturated heterocycles. The van der Waals surface area contributed by atoms with E-state index in [9.17, 15) is 0 Å². The fourth-order valence-corrected chi connectivity index (χ4v) is 1.90. The Morgan fingerprint density at radius 2 is 1.89 bits per heavy atom. The molecule has 0 bridgehead atoms. The lowest BCUT2D eigenvalue weighted by Crippen LogP contribution is -2.00. The van der Waals surface area contributed by atoms with Crippen LogP contribution < -0.4 is 4.74 Å². The second-order valence-corrected chi connectivity index (χ2v) is 4.22. The van der Waals surface area contributed by atoms with Crippen molar-refractivity contribution in [3.63, 3.8) is 0 Å². The maximum absolute atomic E-state index is 8.16. The van der Waals surface area contributed by atoms with E-state index in [0.717, 1.165) is 11.1 Å². The standard InChI is InChI=1S/C14H12ClN3O/c15-13-10-12(11-4-2-1-3-5-11)6-7-14(13)19-9-8-17-18-16/h1-7,10H,8-9H2. The zero-order valence-corrected chi connectivity index (χ0v) is 10.9. The summed E-state index contributed by atoms with van der Waals surface area (Å²) in [6.07, 6.45) is 0. The monoisotopic (exact) mass is 273 g/mol. The molecule has 0 aromatic heterocycles. The third-order valence-electron chi connectivity index (χ3n) is 2.55. The fourth-order valence-electron chi connectivity index (χ4n) is 1.67. The minimum Gasteiger partial charge on any atom is -0.492 e. The van der Waals surface area contributed by atoms with E-state index in [0.29, 0.717) is 17.4 Å². The van der Waals surface area contributed by atoms with Gasteiger partial charge in [0.05, 0.1) is 18.2 Å². The second kappa shape index (κ2) is 6.69. The Balaban J connectivity index is 2.11. The minimum atomic E-state index is 0.285. The predicted octanol–water partition coefficient (Wildman–Crippen LogP) is 4.70. The summed E-state index contributed by atoms with van der Waals surface area (Å²) in [5, 5.41) is 3.94. The molecule has 0 spiro atoms. The van der Waals surface area contributed by atoms with Crippen molar-refractivity contribution in [1.29, 1.82) is 0 Å². The average Bonchev–Trinajstić information content (AvgIpc) is 2.46. The van der Waals surface area contributed by atoms with Crippen molar-refractivity contribution >= 4 is 11.6 Å². The number of benzene rings is 2. The normalized spacial score (nSPS) is 9.74. The molecule has 0 unspecified atom stereocenters. The lowest BCUT2D eigenvalue weighted by Gasteiger charge is -2.08. The molecule has 5 heteroatoms. The summed E-state index contributed by atoms with van der Waals surface area (Å²) in [5.74, 6) is 0.592. The van der Waals surface area contributed by atoms with Gasteiger partial charge in [-0.3, -0.25) is 0 Å². The molecule has 0 aliphatic heterocycles. The van der Waals surface area contributed by atoms with Crippen LogP contribution in [0.4, 0.5) is 0 Å². The Bertz CT molecular complexity index is 595. The van der Waals surface area contributed by atoms with Crippen molar-refractivity contribution in [2.45, 2.75) is 0 Å². The van der Waals surface area contributed by atoms with Gasteiger partial charge in [0.15, 0.2) is 0 Å². The van der Waals surface area contributed by atoms with Gasteiger partial charge < -0.3 is 4.74 Å². The number of ether oxygens (including phenoxy) is 1. The maximum atomic E-state index is 8.16. The molecule has 0 radical (unpaired) electrons. The minimum absolute atomic E-state index is 0.285. The highest BCUT2D eigenvalue weighted by atomic mass is 35.5. The Labute approximate surface area is 116 Å². The van der Waals surface area contributed by atoms with Crippen LogP contribution in [0, 0.1) is 0 Å². The number of hydrogen-bond donors (Lipinski definition) is 0. The lowest BCUT2D eigenvalue weighted by molar-refractivity contribution is 0.328. The van der Waals surface area contributed by atoms with Gasteiger partial charge in [-0.15, -0.1) is 0 Å². The van der Waals surface area contributed by atoms with Crippen molar-refractivity contribution in [3.05, 3.63) is 64.0 Å². The molecular weight excluding hydrogens is 262 g/mol. The SMILES string of the molecule is [N-]=[N+]=NCCOc1ccc(-c2ccccc2)cc1Cl. The summed E-state index contributed by atoms with van der Waals surface area (Å²) in [4.78, 5) is 2.66. The van der Waals surface area contributed by atoms with Crippen LogP contribution in [0.1, 0.15) is 0 Å². The molecule has 0 fully saturated rings. The van der Waals surface area contributed by atoms with Crippen LogP contribution in [0.5, 0.6) is 5.75 Å². The topological polar surface area (TPSA) is 58.0 Å². The second-order valence-electron chi connectivity index (χ2n) is 3.81. The highest BCUT2D eigenvalue weighted by Gasteiger charge is 2.04. The van der Waals surface area contributed by atoms with E-state index >= 15 is 0 Å². The average molecular weight is 274 g/mol. The van der Waals surface area contributed by atoms with Crippen LogP contribution in [-0.4, -0.2) is 13.2 Å². The van der Waals surface area contributed by atoms with Gasteiger partial charge in [0.2, 0.25) is 0 Å². The number of hydrogen-bond acceptors (Lipinski definition) is 2. The molecule has 2 aromatic carbocycles. The van der Waals surface area contributed by atoms with Gasteiger partial charge in [0, 0.05) is 4.91 Å². The smallest absolute Gasteiger partial charge is 0.137 e. The van der Waals surface area contributed by atoms with Crippen molar-refractivity contribution in [1.82, 2.24) is 0 Å². The van der Waals surface area contributed by atoms with E-state index in [4.69, 9.17) is 21.9 Å². The Morgan fingerprint density at radius 3 is 2.58 bits per heavy atom. The predicted molar refractivity (Wildman–Crippen MR) is 76.4 cm³/mol. The first-order chi connectivity index (χ1) is 9.31. The molecule has 0 aliphatic carbocycles. The van der Waals surface area contributed by atoms with E-state index in [2.05, 4.69) is 10.0 Å². The number of azide groups is 1. The van der Waals surface area contributed by atoms with Gasteiger partial charge in [0.25, 0.3) is 0 Å². The van der Waals surface area contributed by atoms with Gasteiger partial charge in [-0.2, -0.15) is 0 Å². The molecule has 19 heavy (non-hydrogen) atoms. The van der Waals surface area contributed by atoms with E-state index < -0.39 is 0 Å². The van der Waals surface area contributed by atoms with Gasteiger partial charge >= 0.3 is 0 Å². The van der Waals surface area contributed by atoms with Crippen molar-refractivity contribution < 1.29 is 4.74 Å². The van der Waals surface area contributed by atoms with Gasteiger partial charge in [0.1, 0.15) is 5.75 Å². The Kier molecular flexibility index (Phi) is 4.67. The Hall–Kier alpha value is -2.16. The molecule has 0 heterocycles. The summed E-state index contributed by atoms with van der Waals surface area (Å²) >= 11 is 6.16. The first kappa shape index (κ1) is 13.3. The summed E-state index contributed by atoms with van der Waals surface area (Å²) in [6.45, 7) is 0.599. The largest absolute Gasteiger partial charge is 0.492 e. The van der Waals surface area contributed by atoms with E-state index in [-0.39, 0.29) is 6.54 Å². The highest BCUT2D eigenvalue weighted by Crippen LogP contribution is 2.30. The molecule has 0 saturated carbocycles. The van der Waals surface area contributed by atoms with Crippen molar-refractivity contribution in [2.24, 2.45) is 5.11 Å². The van der Waals surface area contributed by atoms with Crippen LogP contribution in [-0.2, 0) is 0 Å². The van der Waals surface area contributed by atoms with Gasteiger partial charge in [-0.05, 0) is 28.8 Å². The first-order valence-electron chi connectivity index (χ1n) is 5.80. The molecular formula is C14H12ClN3O. The summed E-state index contributed by atoms with van der Waals surface area (Å²) in [5.41, 5.74) is 10.3. The number of halogens is 1. The maximum Gasteiger partial charge on any atom is 0.137 e. The van der Waals surface area contributed by atoms with Crippen LogP contribution >= 0.6 is 11.6 Å². The summed E-state index contributed by atoms with van der Waals surface area (Å²) in [7, 11) is 0. The quantitative estimate of drug-likeness (QED) is 0.337. The molecule has 0 atom stereocenters. The zero-order chi connectivity index (χ0) is 13.5. The molecule has 0 N–H and O–H groups in total. The fraction of sp³-hybridized carbons (Fsp3) is 0.143. The van der Waals surface area contributed by atoms with Crippen LogP contribution in [0.25, 0.3) is 21.6 Å². The molecule has 0 amide bonds. The molecule has 4 nitrogen and oxygen atoms in total. The van der Waals surface area contributed by atoms with Gasteiger partial charge in [-0.1, -0.05) is 53.1 Å². The van der Waals surface area contributed by atoms with Crippen molar-refractivity contribution in [2.75, 3.05) is 13.2 Å². The van der Waals surface area contributed by atoms with Crippen LogP contribution in [0.15, 0.2) is 53.6 Å².